The van der Waals surface area contributed by atoms with E-state index in [1.54, 1.807) is 0 Å². The van der Waals surface area contributed by atoms with Gasteiger partial charge in [-0.15, -0.1) is 0 Å². The molecule has 4 nitrogen and oxygen atoms in total. The number of hydrogen-bond donors (Lipinski definition) is 2. The number of nitrogen functional groups attached to an aromatic ring is 1. The first-order valence-corrected chi connectivity index (χ1v) is 6.47. The van der Waals surface area contributed by atoms with Crippen LogP contribution in [0.25, 0.3) is 0 Å². The van der Waals surface area contributed by atoms with E-state index in [0.717, 1.165) is 23.6 Å². The van der Waals surface area contributed by atoms with E-state index in [1.165, 1.54) is 0 Å². The molecule has 1 aromatic rings. The summed E-state index contributed by atoms with van der Waals surface area (Å²) in [5, 5.41) is 8.00. The highest BCUT2D eigenvalue weighted by molar-refractivity contribution is 5.66. The van der Waals surface area contributed by atoms with Crippen molar-refractivity contribution in [2.75, 3.05) is 11.1 Å². The lowest BCUT2D eigenvalue weighted by atomic mass is 10.0. The zero-order chi connectivity index (χ0) is 13.2. The van der Waals surface area contributed by atoms with Crippen LogP contribution in [0.4, 0.5) is 11.5 Å². The zero-order valence-corrected chi connectivity index (χ0v) is 11.9. The van der Waals surface area contributed by atoms with Gasteiger partial charge in [-0.2, -0.15) is 5.10 Å². The third-order valence-corrected chi connectivity index (χ3v) is 3.23. The Morgan fingerprint density at radius 1 is 1.29 bits per heavy atom. The van der Waals surface area contributed by atoms with Gasteiger partial charge in [-0.25, -0.2) is 0 Å². The summed E-state index contributed by atoms with van der Waals surface area (Å²) < 4.78 is 1.86. The largest absolute Gasteiger partial charge is 0.394 e. The van der Waals surface area contributed by atoms with Crippen molar-refractivity contribution in [3.8, 4) is 0 Å². The Balaban J connectivity index is 2.98. The summed E-state index contributed by atoms with van der Waals surface area (Å²) >= 11 is 0. The fourth-order valence-corrected chi connectivity index (χ4v) is 2.07. The number of aryl methyl sites for hydroxylation is 1. The van der Waals surface area contributed by atoms with Crippen LogP contribution in [0.15, 0.2) is 0 Å². The minimum atomic E-state index is 0.357. The van der Waals surface area contributed by atoms with Gasteiger partial charge in [-0.05, 0) is 18.3 Å². The summed E-state index contributed by atoms with van der Waals surface area (Å²) in [6.45, 7) is 10.9. The Hall–Kier alpha value is -1.19. The van der Waals surface area contributed by atoms with Gasteiger partial charge in [-0.1, -0.05) is 34.6 Å². The molecule has 3 N–H and O–H groups in total. The number of aromatic nitrogens is 2. The fraction of sp³-hybridized carbons (Fsp3) is 0.769. The van der Waals surface area contributed by atoms with Crippen LogP contribution in [0, 0.1) is 5.92 Å². The number of nitrogens with zero attached hydrogens (tertiary/aromatic N) is 2. The lowest BCUT2D eigenvalue weighted by molar-refractivity contribution is 0.506. The first kappa shape index (κ1) is 13.9. The van der Waals surface area contributed by atoms with Gasteiger partial charge in [0.05, 0.1) is 11.4 Å². The van der Waals surface area contributed by atoms with Gasteiger partial charge in [-0.3, -0.25) is 4.68 Å². The second-order valence-corrected chi connectivity index (χ2v) is 5.33. The summed E-state index contributed by atoms with van der Waals surface area (Å²) in [4.78, 5) is 0. The van der Waals surface area contributed by atoms with E-state index in [-0.39, 0.29) is 0 Å². The van der Waals surface area contributed by atoms with Crippen molar-refractivity contribution >= 4 is 11.5 Å². The van der Waals surface area contributed by atoms with Crippen molar-refractivity contribution < 1.29 is 0 Å². The number of nitrogens with two attached hydrogens (primary N) is 1. The Morgan fingerprint density at radius 3 is 2.24 bits per heavy atom. The van der Waals surface area contributed by atoms with Crippen molar-refractivity contribution in [3.63, 3.8) is 0 Å². The maximum absolute atomic E-state index is 6.16. The topological polar surface area (TPSA) is 55.9 Å². The molecule has 1 heterocycles. The monoisotopic (exact) mass is 238 g/mol. The molecule has 1 atom stereocenters. The van der Waals surface area contributed by atoms with Gasteiger partial charge in [0.15, 0.2) is 0 Å². The third-order valence-electron chi connectivity index (χ3n) is 3.23. The van der Waals surface area contributed by atoms with Gasteiger partial charge in [0.25, 0.3) is 0 Å². The normalized spacial score (nSPS) is 13.4. The van der Waals surface area contributed by atoms with Gasteiger partial charge >= 0.3 is 0 Å². The molecule has 1 aromatic heterocycles. The van der Waals surface area contributed by atoms with Crippen LogP contribution >= 0.6 is 0 Å². The molecule has 4 heteroatoms. The lowest BCUT2D eigenvalue weighted by Gasteiger charge is -2.22. The van der Waals surface area contributed by atoms with Crippen LogP contribution in [0.3, 0.4) is 0 Å². The Bertz CT molecular complexity index is 366. The van der Waals surface area contributed by atoms with E-state index < -0.39 is 0 Å². The minimum absolute atomic E-state index is 0.357. The molecule has 0 amide bonds. The molecule has 0 aliphatic carbocycles. The van der Waals surface area contributed by atoms with Gasteiger partial charge < -0.3 is 11.1 Å². The van der Waals surface area contributed by atoms with Crippen LogP contribution in [0.5, 0.6) is 0 Å². The van der Waals surface area contributed by atoms with Crippen LogP contribution in [-0.4, -0.2) is 15.8 Å². The van der Waals surface area contributed by atoms with E-state index in [2.05, 4.69) is 45.0 Å². The van der Waals surface area contributed by atoms with Gasteiger partial charge in [0.2, 0.25) is 0 Å². The molecule has 0 aliphatic heterocycles. The van der Waals surface area contributed by atoms with Crippen molar-refractivity contribution in [3.05, 3.63) is 5.69 Å². The molecule has 98 valence electrons. The second kappa shape index (κ2) is 5.43. The maximum Gasteiger partial charge on any atom is 0.148 e. The van der Waals surface area contributed by atoms with Gasteiger partial charge in [0.1, 0.15) is 5.82 Å². The van der Waals surface area contributed by atoms with Crippen LogP contribution in [0.1, 0.15) is 52.7 Å². The van der Waals surface area contributed by atoms with Crippen LogP contribution in [-0.2, 0) is 7.05 Å². The Morgan fingerprint density at radius 2 is 1.88 bits per heavy atom. The molecule has 0 radical (unpaired) electrons. The van der Waals surface area contributed by atoms with E-state index in [4.69, 9.17) is 5.73 Å². The number of hydrogen-bond acceptors (Lipinski definition) is 3. The predicted octanol–water partition coefficient (Wildman–Crippen LogP) is 2.97. The van der Waals surface area contributed by atoms with E-state index in [1.807, 2.05) is 11.7 Å². The number of rotatable bonds is 5. The average Bonchev–Trinajstić information content (AvgIpc) is 2.51. The standard InChI is InChI=1S/C13H26N4/c1-7-10(8(2)3)15-13-11(14)12(9(4)5)16-17(13)6/h8-10,15H,7,14H2,1-6H3. The molecular formula is C13H26N4. The van der Waals surface area contributed by atoms with Crippen LogP contribution < -0.4 is 11.1 Å². The molecule has 1 unspecified atom stereocenters. The molecular weight excluding hydrogens is 212 g/mol. The third kappa shape index (κ3) is 2.93. The van der Waals surface area contributed by atoms with Gasteiger partial charge in [0, 0.05) is 13.1 Å². The smallest absolute Gasteiger partial charge is 0.148 e. The SMILES string of the molecule is CCC(Nc1c(N)c(C(C)C)nn1C)C(C)C. The zero-order valence-electron chi connectivity index (χ0n) is 11.9. The average molecular weight is 238 g/mol. The lowest BCUT2D eigenvalue weighted by Crippen LogP contribution is -2.26. The second-order valence-electron chi connectivity index (χ2n) is 5.33. The predicted molar refractivity (Wildman–Crippen MR) is 74.2 cm³/mol. The van der Waals surface area contributed by atoms with Crippen molar-refractivity contribution in [1.29, 1.82) is 0 Å². The molecule has 0 saturated heterocycles. The van der Waals surface area contributed by atoms with E-state index >= 15 is 0 Å². The Labute approximate surface area is 105 Å². The molecule has 0 aliphatic rings. The molecule has 0 bridgehead atoms. The summed E-state index contributed by atoms with van der Waals surface area (Å²) in [7, 11) is 1.94. The summed E-state index contributed by atoms with van der Waals surface area (Å²) in [6, 6.07) is 0.438. The number of nitrogens with one attached hydrogen (secondary N) is 1. The first-order chi connectivity index (χ1) is 7.88. The van der Waals surface area contributed by atoms with Crippen molar-refractivity contribution in [2.24, 2.45) is 13.0 Å². The summed E-state index contributed by atoms with van der Waals surface area (Å²) in [6.07, 6.45) is 1.08. The quantitative estimate of drug-likeness (QED) is 0.829. The fourth-order valence-electron chi connectivity index (χ4n) is 2.07. The molecule has 0 fully saturated rings. The van der Waals surface area contributed by atoms with E-state index in [0.29, 0.717) is 17.9 Å². The highest BCUT2D eigenvalue weighted by atomic mass is 15.3. The highest BCUT2D eigenvalue weighted by Crippen LogP contribution is 2.29. The first-order valence-electron chi connectivity index (χ1n) is 6.47. The maximum atomic E-state index is 6.16. The summed E-state index contributed by atoms with van der Waals surface area (Å²) in [5.74, 6) is 1.89. The minimum Gasteiger partial charge on any atom is -0.394 e. The van der Waals surface area contributed by atoms with Crippen molar-refractivity contribution in [1.82, 2.24) is 9.78 Å². The van der Waals surface area contributed by atoms with E-state index in [9.17, 15) is 0 Å². The highest BCUT2D eigenvalue weighted by Gasteiger charge is 2.19. The summed E-state index contributed by atoms with van der Waals surface area (Å²) in [5.41, 5.74) is 7.94. The molecule has 0 saturated carbocycles. The molecule has 0 aromatic carbocycles. The molecule has 17 heavy (non-hydrogen) atoms. The van der Waals surface area contributed by atoms with Crippen LogP contribution in [0.2, 0.25) is 0 Å². The van der Waals surface area contributed by atoms with Crippen molar-refractivity contribution in [2.45, 2.75) is 53.0 Å². The molecule has 0 spiro atoms. The number of anilines is 2. The molecule has 1 rings (SSSR count). The Kier molecular flexibility index (Phi) is 4.43.